The minimum atomic E-state index is 0.205. The molecule has 1 fully saturated rings. The first-order valence-electron chi connectivity index (χ1n) is 5.36. The van der Waals surface area contributed by atoms with Crippen LogP contribution in [-0.4, -0.2) is 12.1 Å². The van der Waals surface area contributed by atoms with Crippen molar-refractivity contribution in [1.29, 1.82) is 0 Å². The van der Waals surface area contributed by atoms with Gasteiger partial charge in [0.25, 0.3) is 0 Å². The van der Waals surface area contributed by atoms with Gasteiger partial charge in [-0.2, -0.15) is 0 Å². The lowest BCUT2D eigenvalue weighted by Crippen LogP contribution is -2.05. The number of ether oxygens (including phenoxy) is 1. The molecule has 0 amide bonds. The molecule has 84 valence electrons. The molecule has 1 aliphatic carbocycles. The van der Waals surface area contributed by atoms with Crippen molar-refractivity contribution in [3.8, 4) is 5.88 Å². The fourth-order valence-electron chi connectivity index (χ4n) is 1.56. The lowest BCUT2D eigenvalue weighted by Gasteiger charge is -2.14. The number of halogens is 1. The number of hydrogen-bond donors (Lipinski definition) is 0. The summed E-state index contributed by atoms with van der Waals surface area (Å²) in [6, 6.07) is 1.82. The molecule has 0 atom stereocenters. The third-order valence-electron chi connectivity index (χ3n) is 2.66. The van der Waals surface area contributed by atoms with E-state index in [1.54, 1.807) is 13.3 Å². The maximum atomic E-state index is 6.11. The predicted molar refractivity (Wildman–Crippen MR) is 63.7 cm³/mol. The van der Waals surface area contributed by atoms with Crippen LogP contribution < -0.4 is 4.74 Å². The summed E-state index contributed by atoms with van der Waals surface area (Å²) in [5, 5.41) is 0.770. The molecule has 1 heterocycles. The molecule has 1 aromatic rings. The number of aromatic nitrogens is 1. The van der Waals surface area contributed by atoms with E-state index in [4.69, 9.17) is 16.3 Å². The SMILES string of the molecule is CC.COc1nccc(Cl)c1C1(C)CC1. The van der Waals surface area contributed by atoms with Gasteiger partial charge in [0.15, 0.2) is 0 Å². The third kappa shape index (κ3) is 2.43. The summed E-state index contributed by atoms with van der Waals surface area (Å²) in [5.74, 6) is 0.674. The van der Waals surface area contributed by atoms with Crippen LogP contribution in [0.2, 0.25) is 5.02 Å². The van der Waals surface area contributed by atoms with Gasteiger partial charge in [0, 0.05) is 11.8 Å². The van der Waals surface area contributed by atoms with Crippen LogP contribution in [0.4, 0.5) is 0 Å². The first-order chi connectivity index (χ1) is 7.17. The van der Waals surface area contributed by atoms with Crippen molar-refractivity contribution in [2.24, 2.45) is 0 Å². The van der Waals surface area contributed by atoms with Crippen LogP contribution in [0, 0.1) is 0 Å². The molecule has 1 aromatic heterocycles. The molecular formula is C12H18ClNO. The smallest absolute Gasteiger partial charge is 0.218 e. The Bertz CT molecular complexity index is 334. The van der Waals surface area contributed by atoms with E-state index in [1.807, 2.05) is 19.9 Å². The zero-order chi connectivity index (χ0) is 11.5. The molecule has 1 aliphatic rings. The largest absolute Gasteiger partial charge is 0.481 e. The molecule has 0 spiro atoms. The number of nitrogens with zero attached hydrogens (tertiary/aromatic N) is 1. The van der Waals surface area contributed by atoms with E-state index in [9.17, 15) is 0 Å². The molecule has 0 unspecified atom stereocenters. The maximum Gasteiger partial charge on any atom is 0.218 e. The van der Waals surface area contributed by atoms with Gasteiger partial charge in [-0.25, -0.2) is 4.98 Å². The van der Waals surface area contributed by atoms with E-state index < -0.39 is 0 Å². The minimum Gasteiger partial charge on any atom is -0.481 e. The van der Waals surface area contributed by atoms with Crippen molar-refractivity contribution in [2.75, 3.05) is 7.11 Å². The molecular weight excluding hydrogens is 210 g/mol. The van der Waals surface area contributed by atoms with Crippen LogP contribution in [0.25, 0.3) is 0 Å². The van der Waals surface area contributed by atoms with Gasteiger partial charge in [-0.05, 0) is 24.3 Å². The quantitative estimate of drug-likeness (QED) is 0.766. The predicted octanol–water partition coefficient (Wildman–Crippen LogP) is 3.82. The summed E-state index contributed by atoms with van der Waals surface area (Å²) >= 11 is 6.11. The molecule has 0 aliphatic heterocycles. The van der Waals surface area contributed by atoms with E-state index in [-0.39, 0.29) is 5.41 Å². The van der Waals surface area contributed by atoms with E-state index in [0.717, 1.165) is 10.6 Å². The van der Waals surface area contributed by atoms with Gasteiger partial charge in [0.2, 0.25) is 5.88 Å². The Morgan fingerprint density at radius 1 is 1.40 bits per heavy atom. The Morgan fingerprint density at radius 3 is 2.47 bits per heavy atom. The number of methoxy groups -OCH3 is 1. The topological polar surface area (TPSA) is 22.1 Å². The Balaban J connectivity index is 0.000000531. The normalized spacial score (nSPS) is 16.3. The molecule has 0 bridgehead atoms. The summed E-state index contributed by atoms with van der Waals surface area (Å²) < 4.78 is 5.20. The number of rotatable bonds is 2. The second-order valence-corrected chi connectivity index (χ2v) is 4.14. The van der Waals surface area contributed by atoms with E-state index in [1.165, 1.54) is 12.8 Å². The maximum absolute atomic E-state index is 6.11. The molecule has 0 aromatic carbocycles. The van der Waals surface area contributed by atoms with Gasteiger partial charge in [-0.3, -0.25) is 0 Å². The first-order valence-corrected chi connectivity index (χ1v) is 5.74. The van der Waals surface area contributed by atoms with Gasteiger partial charge in [-0.15, -0.1) is 0 Å². The zero-order valence-corrected chi connectivity index (χ0v) is 10.6. The van der Waals surface area contributed by atoms with Crippen molar-refractivity contribution in [1.82, 2.24) is 4.98 Å². The Kier molecular flexibility index (Phi) is 3.97. The molecule has 0 radical (unpaired) electrons. The highest BCUT2D eigenvalue weighted by atomic mass is 35.5. The molecule has 0 saturated heterocycles. The number of hydrogen-bond acceptors (Lipinski definition) is 2. The van der Waals surface area contributed by atoms with Crippen molar-refractivity contribution in [2.45, 2.75) is 39.0 Å². The Morgan fingerprint density at radius 2 is 2.00 bits per heavy atom. The van der Waals surface area contributed by atoms with Gasteiger partial charge in [0.05, 0.1) is 12.1 Å². The molecule has 2 nitrogen and oxygen atoms in total. The summed E-state index contributed by atoms with van der Waals surface area (Å²) in [7, 11) is 1.63. The summed E-state index contributed by atoms with van der Waals surface area (Å²) in [5.41, 5.74) is 1.27. The van der Waals surface area contributed by atoms with Crippen LogP contribution in [0.15, 0.2) is 12.3 Å². The van der Waals surface area contributed by atoms with Crippen molar-refractivity contribution in [3.63, 3.8) is 0 Å². The van der Waals surface area contributed by atoms with E-state index >= 15 is 0 Å². The lowest BCUT2D eigenvalue weighted by atomic mass is 10.00. The average molecular weight is 228 g/mol. The standard InChI is InChI=1S/C10H12ClNO.C2H6/c1-10(4-5-10)8-7(11)3-6-12-9(8)13-2;1-2/h3,6H,4-5H2,1-2H3;1-2H3. The molecule has 15 heavy (non-hydrogen) atoms. The number of pyridine rings is 1. The van der Waals surface area contributed by atoms with Gasteiger partial charge < -0.3 is 4.74 Å². The zero-order valence-electron chi connectivity index (χ0n) is 9.80. The second kappa shape index (κ2) is 4.84. The fraction of sp³-hybridized carbons (Fsp3) is 0.583. The summed E-state index contributed by atoms with van der Waals surface area (Å²) in [4.78, 5) is 4.16. The van der Waals surface area contributed by atoms with Crippen LogP contribution in [-0.2, 0) is 5.41 Å². The molecule has 0 N–H and O–H groups in total. The Labute approximate surface area is 96.6 Å². The second-order valence-electron chi connectivity index (χ2n) is 3.74. The van der Waals surface area contributed by atoms with Gasteiger partial charge >= 0.3 is 0 Å². The average Bonchev–Trinajstić information content (AvgIpc) is 2.99. The van der Waals surface area contributed by atoms with E-state index in [0.29, 0.717) is 5.88 Å². The molecule has 2 rings (SSSR count). The lowest BCUT2D eigenvalue weighted by molar-refractivity contribution is 0.388. The monoisotopic (exact) mass is 227 g/mol. The van der Waals surface area contributed by atoms with Crippen molar-refractivity contribution in [3.05, 3.63) is 22.8 Å². The van der Waals surface area contributed by atoms with Crippen LogP contribution in [0.5, 0.6) is 5.88 Å². The third-order valence-corrected chi connectivity index (χ3v) is 2.98. The molecule has 1 saturated carbocycles. The van der Waals surface area contributed by atoms with Crippen LogP contribution in [0.3, 0.4) is 0 Å². The van der Waals surface area contributed by atoms with Gasteiger partial charge in [0.1, 0.15) is 0 Å². The van der Waals surface area contributed by atoms with E-state index in [2.05, 4.69) is 11.9 Å². The Hall–Kier alpha value is -0.760. The highest BCUT2D eigenvalue weighted by Gasteiger charge is 2.43. The van der Waals surface area contributed by atoms with Crippen LogP contribution in [0.1, 0.15) is 39.2 Å². The first kappa shape index (κ1) is 12.3. The van der Waals surface area contributed by atoms with Crippen molar-refractivity contribution >= 4 is 11.6 Å². The highest BCUT2D eigenvalue weighted by molar-refractivity contribution is 6.31. The summed E-state index contributed by atoms with van der Waals surface area (Å²) in [6.45, 7) is 6.19. The fourth-order valence-corrected chi connectivity index (χ4v) is 1.92. The summed E-state index contributed by atoms with van der Waals surface area (Å²) in [6.07, 6.45) is 4.03. The van der Waals surface area contributed by atoms with Crippen LogP contribution >= 0.6 is 11.6 Å². The minimum absolute atomic E-state index is 0.205. The highest BCUT2D eigenvalue weighted by Crippen LogP contribution is 2.52. The molecule has 3 heteroatoms. The van der Waals surface area contributed by atoms with Gasteiger partial charge in [-0.1, -0.05) is 32.4 Å². The van der Waals surface area contributed by atoms with Crippen molar-refractivity contribution < 1.29 is 4.74 Å².